The first-order chi connectivity index (χ1) is 14.0. The molecule has 3 N–H and O–H groups in total. The highest BCUT2D eigenvalue weighted by molar-refractivity contribution is 6.05. The van der Waals surface area contributed by atoms with Gasteiger partial charge in [-0.2, -0.15) is 5.10 Å². The molecule has 0 radical (unpaired) electrons. The summed E-state index contributed by atoms with van der Waals surface area (Å²) in [6, 6.07) is 7.57. The van der Waals surface area contributed by atoms with E-state index in [4.69, 9.17) is 4.52 Å². The van der Waals surface area contributed by atoms with Crippen molar-refractivity contribution in [2.75, 3.05) is 5.32 Å². The second kappa shape index (κ2) is 9.00. The van der Waals surface area contributed by atoms with E-state index >= 15 is 0 Å². The summed E-state index contributed by atoms with van der Waals surface area (Å²) in [5, 5.41) is 11.1. The molecule has 10 heteroatoms. The van der Waals surface area contributed by atoms with Gasteiger partial charge in [0.15, 0.2) is 11.5 Å². The van der Waals surface area contributed by atoms with Crippen molar-refractivity contribution in [1.82, 2.24) is 25.8 Å². The summed E-state index contributed by atoms with van der Waals surface area (Å²) < 4.78 is 6.15. The van der Waals surface area contributed by atoms with Crippen molar-refractivity contribution < 1.29 is 14.1 Å². The third-order valence-corrected chi connectivity index (χ3v) is 4.22. The molecule has 3 amide bonds. The number of unbranched alkanes of at least 4 members (excludes halogenated alkanes) is 2. The molecule has 3 rings (SSSR count). The highest BCUT2D eigenvalue weighted by Crippen LogP contribution is 2.13. The third-order valence-electron chi connectivity index (χ3n) is 4.22. The number of nitrogens with zero attached hydrogens (tertiary/aromatic N) is 3. The molecule has 1 aromatic carbocycles. The minimum atomic E-state index is -0.702. The number of nitrogens with one attached hydrogen (secondary N) is 3. The molecule has 0 aliphatic rings. The number of urea groups is 1. The van der Waals surface area contributed by atoms with Crippen LogP contribution < -0.4 is 21.7 Å². The molecule has 0 atom stereocenters. The lowest BCUT2D eigenvalue weighted by Gasteiger charge is -2.12. The van der Waals surface area contributed by atoms with Gasteiger partial charge in [0, 0.05) is 18.0 Å². The molecule has 0 saturated heterocycles. The molecule has 3 aromatic rings. The summed E-state index contributed by atoms with van der Waals surface area (Å²) in [4.78, 5) is 37.2. The van der Waals surface area contributed by atoms with Crippen molar-refractivity contribution in [3.63, 3.8) is 0 Å². The van der Waals surface area contributed by atoms with Crippen molar-refractivity contribution in [2.24, 2.45) is 0 Å². The number of rotatable bonds is 6. The number of anilines is 1. The van der Waals surface area contributed by atoms with E-state index in [0.29, 0.717) is 23.1 Å². The Kier molecular flexibility index (Phi) is 6.22. The fourth-order valence-corrected chi connectivity index (χ4v) is 2.81. The van der Waals surface area contributed by atoms with E-state index in [1.54, 1.807) is 31.2 Å². The van der Waals surface area contributed by atoms with Crippen LogP contribution in [0.4, 0.5) is 10.6 Å². The molecule has 0 fully saturated rings. The monoisotopic (exact) mass is 398 g/mol. The Balaban J connectivity index is 1.78. The number of benzene rings is 1. The lowest BCUT2D eigenvalue weighted by molar-refractivity contribution is 0.0932. The number of carbonyl (C=O) groups excluding carboxylic acids is 2. The molecule has 2 aromatic heterocycles. The maximum Gasteiger partial charge on any atom is 0.339 e. The minimum Gasteiger partial charge on any atom is -0.360 e. The largest absolute Gasteiger partial charge is 0.360 e. The van der Waals surface area contributed by atoms with Crippen LogP contribution in [-0.2, 0) is 6.54 Å². The van der Waals surface area contributed by atoms with Gasteiger partial charge in [0.05, 0.1) is 5.39 Å². The van der Waals surface area contributed by atoms with Crippen LogP contribution >= 0.6 is 0 Å². The van der Waals surface area contributed by atoms with Crippen LogP contribution in [0, 0.1) is 6.92 Å². The van der Waals surface area contributed by atoms with Gasteiger partial charge < -0.3 is 4.52 Å². The molecule has 0 saturated carbocycles. The average Bonchev–Trinajstić information content (AvgIpc) is 3.12. The number of aryl methyl sites for hydroxylation is 2. The van der Waals surface area contributed by atoms with E-state index in [-0.39, 0.29) is 17.1 Å². The topological polar surface area (TPSA) is 131 Å². The lowest BCUT2D eigenvalue weighted by atomic mass is 10.1. The number of aromatic nitrogens is 3. The maximum absolute atomic E-state index is 12.6. The Morgan fingerprint density at radius 2 is 1.90 bits per heavy atom. The molecule has 2 heterocycles. The fourth-order valence-electron chi connectivity index (χ4n) is 2.81. The smallest absolute Gasteiger partial charge is 0.339 e. The molecule has 29 heavy (non-hydrogen) atoms. The average molecular weight is 398 g/mol. The fraction of sp³-hybridized carbons (Fsp3) is 0.316. The van der Waals surface area contributed by atoms with Gasteiger partial charge in [0.2, 0.25) is 0 Å². The molecule has 152 valence electrons. The number of hydrogen-bond acceptors (Lipinski definition) is 6. The van der Waals surface area contributed by atoms with E-state index in [2.05, 4.69) is 33.3 Å². The normalized spacial score (nSPS) is 10.7. The summed E-state index contributed by atoms with van der Waals surface area (Å²) in [5.74, 6) is 0.101. The van der Waals surface area contributed by atoms with E-state index in [0.717, 1.165) is 19.3 Å². The number of carbonyl (C=O) groups is 2. The van der Waals surface area contributed by atoms with Crippen molar-refractivity contribution in [1.29, 1.82) is 0 Å². The predicted octanol–water partition coefficient (Wildman–Crippen LogP) is 2.35. The first kappa shape index (κ1) is 20.1. The first-order valence-corrected chi connectivity index (χ1v) is 9.30. The van der Waals surface area contributed by atoms with Crippen LogP contribution in [-0.4, -0.2) is 26.9 Å². The minimum absolute atomic E-state index is 0.0503. The Morgan fingerprint density at radius 1 is 1.14 bits per heavy atom. The van der Waals surface area contributed by atoms with Crippen molar-refractivity contribution in [3.05, 3.63) is 52.1 Å². The van der Waals surface area contributed by atoms with Crippen LogP contribution in [0.25, 0.3) is 10.8 Å². The Hall–Kier alpha value is -3.69. The zero-order chi connectivity index (χ0) is 20.8. The second-order valence-electron chi connectivity index (χ2n) is 6.49. The summed E-state index contributed by atoms with van der Waals surface area (Å²) in [6.07, 6.45) is 2.73. The van der Waals surface area contributed by atoms with E-state index in [9.17, 15) is 14.4 Å². The Bertz CT molecular complexity index is 1090. The van der Waals surface area contributed by atoms with Gasteiger partial charge in [-0.05, 0) is 19.4 Å². The summed E-state index contributed by atoms with van der Waals surface area (Å²) in [6.45, 7) is 4.16. The van der Waals surface area contributed by atoms with Gasteiger partial charge >= 0.3 is 6.03 Å². The van der Waals surface area contributed by atoms with Gasteiger partial charge in [-0.3, -0.25) is 20.3 Å². The number of hydrogen-bond donors (Lipinski definition) is 3. The molecule has 0 bridgehead atoms. The predicted molar refractivity (Wildman–Crippen MR) is 106 cm³/mol. The van der Waals surface area contributed by atoms with Gasteiger partial charge in [0.1, 0.15) is 5.76 Å². The molecular formula is C19H22N6O4. The van der Waals surface area contributed by atoms with E-state index < -0.39 is 11.9 Å². The molecular weight excluding hydrogens is 376 g/mol. The number of amides is 3. The molecule has 0 unspecified atom stereocenters. The number of hydrazine groups is 1. The van der Waals surface area contributed by atoms with Gasteiger partial charge in [-0.1, -0.05) is 43.1 Å². The Morgan fingerprint density at radius 3 is 2.59 bits per heavy atom. The quantitative estimate of drug-likeness (QED) is 0.431. The summed E-state index contributed by atoms with van der Waals surface area (Å²) in [7, 11) is 0. The highest BCUT2D eigenvalue weighted by atomic mass is 16.5. The van der Waals surface area contributed by atoms with Gasteiger partial charge in [-0.15, -0.1) is 0 Å². The highest BCUT2D eigenvalue weighted by Gasteiger charge is 2.17. The Labute approximate surface area is 166 Å². The molecule has 10 nitrogen and oxygen atoms in total. The SMILES string of the molecule is CCCCCn1nc(C(=O)NNC(=O)Nc2cc(C)on2)c2ccccc2c1=O. The first-order valence-electron chi connectivity index (χ1n) is 9.30. The third kappa shape index (κ3) is 4.78. The zero-order valence-electron chi connectivity index (χ0n) is 16.2. The van der Waals surface area contributed by atoms with Gasteiger partial charge in [0.25, 0.3) is 11.5 Å². The van der Waals surface area contributed by atoms with Crippen molar-refractivity contribution >= 4 is 28.5 Å². The maximum atomic E-state index is 12.6. The summed E-state index contributed by atoms with van der Waals surface area (Å²) >= 11 is 0. The number of fused-ring (bicyclic) bond motifs is 1. The van der Waals surface area contributed by atoms with E-state index in [1.807, 2.05) is 0 Å². The van der Waals surface area contributed by atoms with Crippen LogP contribution in [0.1, 0.15) is 42.4 Å². The molecule has 0 spiro atoms. The lowest BCUT2D eigenvalue weighted by Crippen LogP contribution is -2.44. The van der Waals surface area contributed by atoms with Crippen LogP contribution in [0.15, 0.2) is 39.6 Å². The zero-order valence-corrected chi connectivity index (χ0v) is 16.2. The van der Waals surface area contributed by atoms with Crippen LogP contribution in [0.5, 0.6) is 0 Å². The van der Waals surface area contributed by atoms with Crippen molar-refractivity contribution in [2.45, 2.75) is 39.7 Å². The molecule has 0 aliphatic heterocycles. The molecule has 0 aliphatic carbocycles. The van der Waals surface area contributed by atoms with E-state index in [1.165, 1.54) is 10.7 Å². The van der Waals surface area contributed by atoms with Crippen LogP contribution in [0.2, 0.25) is 0 Å². The van der Waals surface area contributed by atoms with Gasteiger partial charge in [-0.25, -0.2) is 14.9 Å². The van der Waals surface area contributed by atoms with Crippen molar-refractivity contribution in [3.8, 4) is 0 Å². The standard InChI is InChI=1S/C19H22N6O4/c1-3-4-7-10-25-18(27)14-9-6-5-8-13(14)16(23-25)17(26)21-22-19(28)20-15-11-12(2)29-24-15/h5-6,8-9,11H,3-4,7,10H2,1-2H3,(H,21,26)(H2,20,22,24,28). The summed E-state index contributed by atoms with van der Waals surface area (Å²) in [5.41, 5.74) is 4.33. The van der Waals surface area contributed by atoms with Crippen LogP contribution in [0.3, 0.4) is 0 Å². The second-order valence-corrected chi connectivity index (χ2v) is 6.49.